The van der Waals surface area contributed by atoms with Gasteiger partial charge in [-0.25, -0.2) is 19.2 Å². The molecule has 0 aromatic heterocycles. The minimum absolute atomic E-state index is 0.0409. The zero-order chi connectivity index (χ0) is 24.9. The fourth-order valence-electron chi connectivity index (χ4n) is 4.62. The fourth-order valence-corrected chi connectivity index (χ4v) is 4.62. The van der Waals surface area contributed by atoms with Gasteiger partial charge in [-0.05, 0) is 29.7 Å². The summed E-state index contributed by atoms with van der Waals surface area (Å²) in [5.74, 6) is -0.746. The van der Waals surface area contributed by atoms with E-state index in [9.17, 15) is 18.8 Å². The predicted octanol–water partition coefficient (Wildman–Crippen LogP) is 1.97. The minimum Gasteiger partial charge on any atom is -0.385 e. The van der Waals surface area contributed by atoms with Gasteiger partial charge in [-0.3, -0.25) is 9.59 Å². The number of amides is 4. The number of benzene rings is 2. The van der Waals surface area contributed by atoms with E-state index in [0.29, 0.717) is 25.1 Å². The molecule has 10 heteroatoms. The van der Waals surface area contributed by atoms with E-state index in [4.69, 9.17) is 4.74 Å². The molecule has 186 valence electrons. The molecule has 2 atom stereocenters. The highest BCUT2D eigenvalue weighted by atomic mass is 19.1. The molecule has 0 saturated carbocycles. The van der Waals surface area contributed by atoms with Gasteiger partial charge in [-0.2, -0.15) is 0 Å². The fraction of sp³-hybridized carbons (Fsp3) is 0.400. The molecule has 0 radical (unpaired) electrons. The van der Waals surface area contributed by atoms with Crippen molar-refractivity contribution in [2.45, 2.75) is 25.2 Å². The Balaban J connectivity index is 1.61. The van der Waals surface area contributed by atoms with Crippen LogP contribution >= 0.6 is 0 Å². The average molecular weight is 484 g/mol. The van der Waals surface area contributed by atoms with E-state index in [1.807, 2.05) is 30.3 Å². The van der Waals surface area contributed by atoms with E-state index < -0.39 is 18.2 Å². The lowest BCUT2D eigenvalue weighted by Gasteiger charge is -2.54. The van der Waals surface area contributed by atoms with Gasteiger partial charge >= 0.3 is 6.03 Å². The Kier molecular flexibility index (Phi) is 7.62. The number of nitrogens with zero attached hydrogens (tertiary/aromatic N) is 4. The van der Waals surface area contributed by atoms with Crippen molar-refractivity contribution >= 4 is 17.8 Å². The third-order valence-corrected chi connectivity index (χ3v) is 6.29. The molecule has 2 saturated heterocycles. The van der Waals surface area contributed by atoms with Gasteiger partial charge in [0.05, 0.1) is 13.1 Å². The number of likely N-dealkylation sites (N-methyl/N-ethyl adjacent to an activating group) is 1. The number of carbonyl (C=O) groups excluding carboxylic acids is 3. The molecular formula is C25H30FN5O4. The molecule has 2 aromatic rings. The SMILES string of the molecule is COCCCN1CC2N(C(=O)CN(C)N2C(=O)NCc2ccc(F)cc2)[C@@H](c2ccccc2)C1=O. The molecule has 9 nitrogen and oxygen atoms in total. The van der Waals surface area contributed by atoms with Crippen molar-refractivity contribution in [3.05, 3.63) is 71.5 Å². The zero-order valence-corrected chi connectivity index (χ0v) is 19.9. The molecule has 2 aliphatic heterocycles. The van der Waals surface area contributed by atoms with Gasteiger partial charge in [0.25, 0.3) is 0 Å². The molecule has 1 unspecified atom stereocenters. The highest BCUT2D eigenvalue weighted by Crippen LogP contribution is 2.34. The molecular weight excluding hydrogens is 453 g/mol. The Bertz CT molecular complexity index is 1050. The van der Waals surface area contributed by atoms with Crippen LogP contribution in [0.2, 0.25) is 0 Å². The minimum atomic E-state index is -0.828. The summed E-state index contributed by atoms with van der Waals surface area (Å²) in [6.07, 6.45) is -0.0447. The van der Waals surface area contributed by atoms with Crippen LogP contribution in [0.5, 0.6) is 0 Å². The molecule has 4 amide bonds. The third kappa shape index (κ3) is 5.28. The number of urea groups is 1. The van der Waals surface area contributed by atoms with E-state index >= 15 is 0 Å². The number of piperazine rings is 1. The van der Waals surface area contributed by atoms with Crippen LogP contribution in [0.3, 0.4) is 0 Å². The molecule has 2 heterocycles. The summed E-state index contributed by atoms with van der Waals surface area (Å²) in [4.78, 5) is 43.3. The smallest absolute Gasteiger partial charge is 0.334 e. The van der Waals surface area contributed by atoms with Crippen molar-refractivity contribution in [3.8, 4) is 0 Å². The van der Waals surface area contributed by atoms with Crippen LogP contribution in [0.4, 0.5) is 9.18 Å². The number of fused-ring (bicyclic) bond motifs is 1. The zero-order valence-electron chi connectivity index (χ0n) is 19.9. The van der Waals surface area contributed by atoms with Crippen molar-refractivity contribution in [1.82, 2.24) is 25.1 Å². The molecule has 2 aliphatic rings. The van der Waals surface area contributed by atoms with Gasteiger partial charge in [-0.15, -0.1) is 0 Å². The first-order valence-electron chi connectivity index (χ1n) is 11.6. The summed E-state index contributed by atoms with van der Waals surface area (Å²) in [5.41, 5.74) is 1.44. The Morgan fingerprint density at radius 2 is 1.83 bits per heavy atom. The van der Waals surface area contributed by atoms with Crippen molar-refractivity contribution in [2.75, 3.05) is 40.4 Å². The van der Waals surface area contributed by atoms with Crippen LogP contribution in [-0.4, -0.2) is 84.2 Å². The van der Waals surface area contributed by atoms with Crippen LogP contribution < -0.4 is 5.32 Å². The van der Waals surface area contributed by atoms with Gasteiger partial charge in [0.2, 0.25) is 11.8 Å². The summed E-state index contributed by atoms with van der Waals surface area (Å²) >= 11 is 0. The van der Waals surface area contributed by atoms with E-state index in [1.54, 1.807) is 36.2 Å². The van der Waals surface area contributed by atoms with Crippen LogP contribution in [0.15, 0.2) is 54.6 Å². The quantitative estimate of drug-likeness (QED) is 0.609. The largest absolute Gasteiger partial charge is 0.385 e. The van der Waals surface area contributed by atoms with E-state index in [-0.39, 0.29) is 37.3 Å². The van der Waals surface area contributed by atoms with Crippen LogP contribution in [-0.2, 0) is 20.9 Å². The summed E-state index contributed by atoms with van der Waals surface area (Å²) in [6, 6.07) is 13.8. The number of hydrogen-bond acceptors (Lipinski definition) is 5. The molecule has 0 bridgehead atoms. The van der Waals surface area contributed by atoms with Crippen molar-refractivity contribution in [1.29, 1.82) is 0 Å². The first-order chi connectivity index (χ1) is 16.9. The Hall–Kier alpha value is -3.50. The highest BCUT2D eigenvalue weighted by molar-refractivity contribution is 5.92. The second kappa shape index (κ2) is 10.8. The Labute approximate surface area is 204 Å². The summed E-state index contributed by atoms with van der Waals surface area (Å²) in [7, 11) is 3.28. The molecule has 2 aromatic carbocycles. The van der Waals surface area contributed by atoms with E-state index in [2.05, 4.69) is 5.32 Å². The van der Waals surface area contributed by atoms with Gasteiger partial charge in [0.15, 0.2) is 0 Å². The van der Waals surface area contributed by atoms with E-state index in [0.717, 1.165) is 5.56 Å². The predicted molar refractivity (Wildman–Crippen MR) is 126 cm³/mol. The maximum absolute atomic E-state index is 13.5. The van der Waals surface area contributed by atoms with Gasteiger partial charge in [0, 0.05) is 33.9 Å². The highest BCUT2D eigenvalue weighted by Gasteiger charge is 2.51. The lowest BCUT2D eigenvalue weighted by Crippen LogP contribution is -2.73. The van der Waals surface area contributed by atoms with Crippen LogP contribution in [0, 0.1) is 5.82 Å². The van der Waals surface area contributed by atoms with Crippen LogP contribution in [0.1, 0.15) is 23.6 Å². The lowest BCUT2D eigenvalue weighted by atomic mass is 9.98. The number of ether oxygens (including phenoxy) is 1. The van der Waals surface area contributed by atoms with Gasteiger partial charge in [0.1, 0.15) is 18.0 Å². The molecule has 0 spiro atoms. The third-order valence-electron chi connectivity index (χ3n) is 6.29. The first kappa shape index (κ1) is 24.6. The Morgan fingerprint density at radius 3 is 2.51 bits per heavy atom. The number of hydrogen-bond donors (Lipinski definition) is 1. The maximum Gasteiger partial charge on any atom is 0.334 e. The Morgan fingerprint density at radius 1 is 1.11 bits per heavy atom. The lowest BCUT2D eigenvalue weighted by molar-refractivity contribution is -0.187. The van der Waals surface area contributed by atoms with Crippen molar-refractivity contribution < 1.29 is 23.5 Å². The number of hydrazine groups is 1. The first-order valence-corrected chi connectivity index (χ1v) is 11.6. The van der Waals surface area contributed by atoms with Gasteiger partial charge in [-0.1, -0.05) is 42.5 Å². The van der Waals surface area contributed by atoms with Gasteiger partial charge < -0.3 is 19.9 Å². The van der Waals surface area contributed by atoms with Crippen molar-refractivity contribution in [2.24, 2.45) is 0 Å². The van der Waals surface area contributed by atoms with Crippen molar-refractivity contribution in [3.63, 3.8) is 0 Å². The number of halogens is 1. The summed E-state index contributed by atoms with van der Waals surface area (Å²) in [6.45, 7) is 1.29. The second-order valence-corrected chi connectivity index (χ2v) is 8.67. The average Bonchev–Trinajstić information content (AvgIpc) is 2.85. The topological polar surface area (TPSA) is 85.4 Å². The molecule has 1 N–H and O–H groups in total. The summed E-state index contributed by atoms with van der Waals surface area (Å²) in [5, 5.41) is 5.94. The second-order valence-electron chi connectivity index (χ2n) is 8.67. The molecule has 2 fully saturated rings. The molecule has 35 heavy (non-hydrogen) atoms. The number of carbonyl (C=O) groups is 3. The maximum atomic E-state index is 13.5. The number of rotatable bonds is 7. The standard InChI is InChI=1S/C25H30FN5O4/c1-28-17-22(32)30-21(31(28)25(34)27-15-18-9-11-20(26)12-10-18)16-29(13-6-14-35-2)24(33)23(30)19-7-4-3-5-8-19/h3-5,7-12,21,23H,6,13-17H2,1-2H3,(H,27,34)/t21?,23-/m0/s1. The normalized spacial score (nSPS) is 20.7. The monoisotopic (exact) mass is 483 g/mol. The number of nitrogens with one attached hydrogen (secondary N) is 1. The molecule has 4 rings (SSSR count). The van der Waals surface area contributed by atoms with Crippen LogP contribution in [0.25, 0.3) is 0 Å². The summed E-state index contributed by atoms with van der Waals surface area (Å²) < 4.78 is 18.4. The van der Waals surface area contributed by atoms with E-state index in [1.165, 1.54) is 22.0 Å². The molecule has 0 aliphatic carbocycles. The number of methoxy groups -OCH3 is 1.